The Morgan fingerprint density at radius 1 is 1.43 bits per heavy atom. The van der Waals surface area contributed by atoms with Gasteiger partial charge in [-0.2, -0.15) is 0 Å². The number of amides is 1. The van der Waals surface area contributed by atoms with Crippen LogP contribution in [0.1, 0.15) is 32.3 Å². The molecule has 2 aliphatic heterocycles. The molecule has 0 N–H and O–H groups in total. The van der Waals surface area contributed by atoms with Crippen molar-refractivity contribution in [2.45, 2.75) is 44.8 Å². The Hall–Kier alpha value is -2.24. The molecular formula is C23H31N3O2. The van der Waals surface area contributed by atoms with Crippen LogP contribution in [0.2, 0.25) is 0 Å². The SMILES string of the molecule is C=C/C=C\C(C)=C\N1CC2(CCN(CCc3cccnc3)CC2)OC(C)C1=O. The van der Waals surface area contributed by atoms with Gasteiger partial charge >= 0.3 is 0 Å². The van der Waals surface area contributed by atoms with Crippen LogP contribution in [-0.2, 0) is 16.0 Å². The van der Waals surface area contributed by atoms with Crippen LogP contribution in [0.15, 0.2) is 61.1 Å². The minimum absolute atomic E-state index is 0.0379. The van der Waals surface area contributed by atoms with Crippen LogP contribution in [-0.4, -0.2) is 58.6 Å². The number of ether oxygens (including phenoxy) is 1. The summed E-state index contributed by atoms with van der Waals surface area (Å²) in [5.74, 6) is 0.0379. The molecule has 0 saturated carbocycles. The van der Waals surface area contributed by atoms with E-state index in [-0.39, 0.29) is 11.5 Å². The Morgan fingerprint density at radius 3 is 2.89 bits per heavy atom. The van der Waals surface area contributed by atoms with Gasteiger partial charge in [0.25, 0.3) is 5.91 Å². The number of rotatable bonds is 6. The highest BCUT2D eigenvalue weighted by Gasteiger charge is 2.44. The predicted octanol–water partition coefficient (Wildman–Crippen LogP) is 3.35. The van der Waals surface area contributed by atoms with Gasteiger partial charge in [0.15, 0.2) is 0 Å². The number of allylic oxidation sites excluding steroid dienone is 4. The van der Waals surface area contributed by atoms with E-state index in [4.69, 9.17) is 4.74 Å². The van der Waals surface area contributed by atoms with Gasteiger partial charge in [0.05, 0.1) is 12.1 Å². The number of likely N-dealkylation sites (tertiary alicyclic amines) is 1. The summed E-state index contributed by atoms with van der Waals surface area (Å²) in [5.41, 5.74) is 2.07. The number of carbonyl (C=O) groups excluding carboxylic acids is 1. The maximum absolute atomic E-state index is 12.6. The van der Waals surface area contributed by atoms with Gasteiger partial charge in [-0.15, -0.1) is 0 Å². The van der Waals surface area contributed by atoms with Crippen LogP contribution in [0.25, 0.3) is 0 Å². The number of morpholine rings is 1. The first-order valence-electron chi connectivity index (χ1n) is 10.1. The average molecular weight is 382 g/mol. The maximum atomic E-state index is 12.6. The van der Waals surface area contributed by atoms with Crippen LogP contribution < -0.4 is 0 Å². The number of hydrogen-bond acceptors (Lipinski definition) is 4. The number of piperidine rings is 1. The Kier molecular flexibility index (Phi) is 6.81. The monoisotopic (exact) mass is 381 g/mol. The van der Waals surface area contributed by atoms with Crippen LogP contribution >= 0.6 is 0 Å². The maximum Gasteiger partial charge on any atom is 0.255 e. The van der Waals surface area contributed by atoms with Crippen LogP contribution in [0.4, 0.5) is 0 Å². The third kappa shape index (κ3) is 5.18. The van der Waals surface area contributed by atoms with E-state index in [0.717, 1.165) is 44.5 Å². The molecule has 3 heterocycles. The molecule has 2 fully saturated rings. The fourth-order valence-corrected chi connectivity index (χ4v) is 4.00. The quantitative estimate of drug-likeness (QED) is 0.709. The lowest BCUT2D eigenvalue weighted by Gasteiger charge is -2.48. The number of aromatic nitrogens is 1. The minimum atomic E-state index is -0.400. The minimum Gasteiger partial charge on any atom is -0.360 e. The Bertz CT molecular complexity index is 733. The smallest absolute Gasteiger partial charge is 0.255 e. The van der Waals surface area contributed by atoms with Crippen molar-refractivity contribution in [2.24, 2.45) is 0 Å². The number of pyridine rings is 1. The molecular weight excluding hydrogens is 350 g/mol. The molecule has 150 valence electrons. The molecule has 1 unspecified atom stereocenters. The first-order valence-corrected chi connectivity index (χ1v) is 10.1. The van der Waals surface area contributed by atoms with E-state index in [9.17, 15) is 4.79 Å². The zero-order chi connectivity index (χ0) is 20.0. The van der Waals surface area contributed by atoms with Crippen LogP contribution in [0.5, 0.6) is 0 Å². The fraction of sp³-hybridized carbons (Fsp3) is 0.478. The molecule has 1 spiro atoms. The molecule has 2 saturated heterocycles. The second-order valence-electron chi connectivity index (χ2n) is 7.83. The second kappa shape index (κ2) is 9.30. The number of hydrogen-bond donors (Lipinski definition) is 0. The topological polar surface area (TPSA) is 45.7 Å². The summed E-state index contributed by atoms with van der Waals surface area (Å²) in [6, 6.07) is 4.12. The van der Waals surface area contributed by atoms with Crippen LogP contribution in [0.3, 0.4) is 0 Å². The summed E-state index contributed by atoms with van der Waals surface area (Å²) in [6.07, 6.45) is 13.8. The van der Waals surface area contributed by atoms with Gasteiger partial charge < -0.3 is 14.5 Å². The third-order valence-electron chi connectivity index (χ3n) is 5.58. The summed E-state index contributed by atoms with van der Waals surface area (Å²) in [4.78, 5) is 21.1. The molecule has 0 aromatic carbocycles. The van der Waals surface area contributed by atoms with Gasteiger partial charge in [0.1, 0.15) is 6.10 Å². The molecule has 1 aromatic heterocycles. The predicted molar refractivity (Wildman–Crippen MR) is 112 cm³/mol. The zero-order valence-electron chi connectivity index (χ0n) is 17.0. The number of nitrogens with zero attached hydrogens (tertiary/aromatic N) is 3. The van der Waals surface area contributed by atoms with Crippen molar-refractivity contribution in [3.05, 3.63) is 66.7 Å². The van der Waals surface area contributed by atoms with Gasteiger partial charge in [-0.05, 0) is 50.3 Å². The summed E-state index contributed by atoms with van der Waals surface area (Å²) in [6.45, 7) is 11.2. The molecule has 5 heteroatoms. The summed E-state index contributed by atoms with van der Waals surface area (Å²) in [7, 11) is 0. The molecule has 1 amide bonds. The molecule has 0 bridgehead atoms. The summed E-state index contributed by atoms with van der Waals surface area (Å²) in [5, 5.41) is 0. The normalized spacial score (nSPS) is 23.5. The fourth-order valence-electron chi connectivity index (χ4n) is 4.00. The van der Waals surface area contributed by atoms with Gasteiger partial charge in [-0.1, -0.05) is 30.9 Å². The first kappa shape index (κ1) is 20.5. The molecule has 1 atom stereocenters. The van der Waals surface area contributed by atoms with E-state index in [1.54, 1.807) is 6.08 Å². The van der Waals surface area contributed by atoms with Crippen molar-refractivity contribution in [3.8, 4) is 0 Å². The van der Waals surface area contributed by atoms with Crippen LogP contribution in [0, 0.1) is 0 Å². The van der Waals surface area contributed by atoms with Crippen molar-refractivity contribution < 1.29 is 9.53 Å². The Balaban J connectivity index is 1.59. The van der Waals surface area contributed by atoms with E-state index in [1.807, 2.05) is 55.6 Å². The van der Waals surface area contributed by atoms with Gasteiger partial charge in [0, 0.05) is 38.2 Å². The highest BCUT2D eigenvalue weighted by atomic mass is 16.5. The lowest BCUT2D eigenvalue weighted by atomic mass is 9.88. The molecule has 28 heavy (non-hydrogen) atoms. The number of carbonyl (C=O) groups is 1. The lowest BCUT2D eigenvalue weighted by molar-refractivity contribution is -0.184. The average Bonchev–Trinajstić information content (AvgIpc) is 2.71. The highest BCUT2D eigenvalue weighted by molar-refractivity contribution is 5.82. The largest absolute Gasteiger partial charge is 0.360 e. The van der Waals surface area contributed by atoms with Gasteiger partial charge in [-0.25, -0.2) is 0 Å². The van der Waals surface area contributed by atoms with E-state index in [0.29, 0.717) is 6.54 Å². The van der Waals surface area contributed by atoms with E-state index in [1.165, 1.54) is 5.56 Å². The van der Waals surface area contributed by atoms with E-state index >= 15 is 0 Å². The zero-order valence-corrected chi connectivity index (χ0v) is 17.0. The molecule has 0 aliphatic carbocycles. The van der Waals surface area contributed by atoms with Crippen molar-refractivity contribution >= 4 is 5.91 Å². The highest BCUT2D eigenvalue weighted by Crippen LogP contribution is 2.33. The second-order valence-corrected chi connectivity index (χ2v) is 7.83. The van der Waals surface area contributed by atoms with Gasteiger partial charge in [0.2, 0.25) is 0 Å². The van der Waals surface area contributed by atoms with Crippen molar-refractivity contribution in [3.63, 3.8) is 0 Å². The standard InChI is InChI=1S/C23H31N3O2/c1-4-5-7-19(2)17-26-18-23(28-20(3)22(26)27)10-14-25(15-11-23)13-9-21-8-6-12-24-16-21/h4-8,12,16-17,20H,1,9-11,13-15,18H2,2-3H3/b7-5-,19-17+. The summed E-state index contributed by atoms with van der Waals surface area (Å²) >= 11 is 0. The van der Waals surface area contributed by atoms with Crippen molar-refractivity contribution in [1.29, 1.82) is 0 Å². The van der Waals surface area contributed by atoms with E-state index in [2.05, 4.69) is 22.5 Å². The molecule has 0 radical (unpaired) electrons. The summed E-state index contributed by atoms with van der Waals surface area (Å²) < 4.78 is 6.24. The Labute approximate surface area is 168 Å². The Morgan fingerprint density at radius 2 is 2.21 bits per heavy atom. The van der Waals surface area contributed by atoms with Crippen molar-refractivity contribution in [1.82, 2.24) is 14.8 Å². The van der Waals surface area contributed by atoms with Gasteiger partial charge in [-0.3, -0.25) is 9.78 Å². The molecule has 2 aliphatic rings. The van der Waals surface area contributed by atoms with Crippen molar-refractivity contribution in [2.75, 3.05) is 26.2 Å². The molecule has 5 nitrogen and oxygen atoms in total. The van der Waals surface area contributed by atoms with E-state index < -0.39 is 6.10 Å². The first-order chi connectivity index (χ1) is 13.5. The molecule has 1 aromatic rings. The third-order valence-corrected chi connectivity index (χ3v) is 5.58. The lowest BCUT2D eigenvalue weighted by Crippen LogP contribution is -2.60. The molecule has 3 rings (SSSR count).